The molecule has 0 bridgehead atoms. The van der Waals surface area contributed by atoms with Crippen LogP contribution in [-0.4, -0.2) is 11.3 Å². The first-order valence-corrected chi connectivity index (χ1v) is 7.36. The number of hydrogen-bond donors (Lipinski definition) is 1. The molecule has 5 heteroatoms. The average molecular weight is 296 g/mol. The largest absolute Gasteiger partial charge is 0.497 e. The summed E-state index contributed by atoms with van der Waals surface area (Å²) in [7, 11) is 0.437. The molecule has 0 aliphatic carbocycles. The normalized spacial score (nSPS) is 12.1. The second-order valence-corrected chi connectivity index (χ2v) is 5.87. The number of anilines is 1. The molecule has 0 radical (unpaired) electrons. The topological polar surface area (TPSA) is 52.3 Å². The fourth-order valence-corrected chi connectivity index (χ4v) is 3.05. The first kappa shape index (κ1) is 13.9. The van der Waals surface area contributed by atoms with Crippen molar-refractivity contribution in [3.05, 3.63) is 53.1 Å². The van der Waals surface area contributed by atoms with Gasteiger partial charge in [-0.05, 0) is 48.0 Å². The van der Waals surface area contributed by atoms with Crippen LogP contribution in [0.5, 0.6) is 5.75 Å². The van der Waals surface area contributed by atoms with E-state index in [9.17, 15) is 4.21 Å². The van der Waals surface area contributed by atoms with Gasteiger partial charge in [0.2, 0.25) is 0 Å². The quantitative estimate of drug-likeness (QED) is 0.881. The number of ether oxygens (including phenoxy) is 1. The van der Waals surface area contributed by atoms with Crippen LogP contribution in [0.2, 0.25) is 5.02 Å². The summed E-state index contributed by atoms with van der Waals surface area (Å²) in [6, 6.07) is 12.3. The van der Waals surface area contributed by atoms with Crippen LogP contribution >= 0.6 is 11.6 Å². The third-order valence-corrected chi connectivity index (χ3v) is 4.42. The molecule has 1 unspecified atom stereocenters. The van der Waals surface area contributed by atoms with E-state index in [2.05, 4.69) is 0 Å². The van der Waals surface area contributed by atoms with Gasteiger partial charge in [-0.1, -0.05) is 11.6 Å². The molecule has 0 heterocycles. The van der Waals surface area contributed by atoms with E-state index in [4.69, 9.17) is 22.1 Å². The van der Waals surface area contributed by atoms with Crippen LogP contribution in [0.15, 0.2) is 47.4 Å². The number of nitrogens with two attached hydrogens (primary N) is 1. The van der Waals surface area contributed by atoms with Crippen molar-refractivity contribution in [2.45, 2.75) is 10.6 Å². The Balaban J connectivity index is 2.18. The smallest absolute Gasteiger partial charge is 0.118 e. The van der Waals surface area contributed by atoms with Crippen molar-refractivity contribution >= 4 is 28.1 Å². The minimum Gasteiger partial charge on any atom is -0.497 e. The van der Waals surface area contributed by atoms with Crippen molar-refractivity contribution in [3.63, 3.8) is 0 Å². The highest BCUT2D eigenvalue weighted by Gasteiger charge is 2.09. The maximum absolute atomic E-state index is 12.2. The standard InChI is InChI=1S/C14H14ClNO2S/c1-18-12-3-5-13(6-4-12)19(17)9-10-8-11(16)2-7-14(10)15/h2-8H,9,16H2,1H3. The predicted octanol–water partition coefficient (Wildman–Crippen LogP) is 3.24. The maximum atomic E-state index is 12.2. The third kappa shape index (κ3) is 3.49. The average Bonchev–Trinajstić information content (AvgIpc) is 2.43. The molecule has 2 N–H and O–H groups in total. The van der Waals surface area contributed by atoms with E-state index < -0.39 is 10.8 Å². The van der Waals surface area contributed by atoms with Gasteiger partial charge in [-0.25, -0.2) is 0 Å². The Hall–Kier alpha value is -1.52. The van der Waals surface area contributed by atoms with Crippen LogP contribution < -0.4 is 10.5 Å². The van der Waals surface area contributed by atoms with Crippen molar-refractivity contribution < 1.29 is 8.95 Å². The molecule has 3 nitrogen and oxygen atoms in total. The molecule has 0 aliphatic rings. The lowest BCUT2D eigenvalue weighted by Gasteiger charge is -2.07. The molecular formula is C14H14ClNO2S. The lowest BCUT2D eigenvalue weighted by Crippen LogP contribution is -1.98. The minimum atomic E-state index is -1.16. The summed E-state index contributed by atoms with van der Waals surface area (Å²) in [6.07, 6.45) is 0. The monoisotopic (exact) mass is 295 g/mol. The molecule has 100 valence electrons. The third-order valence-electron chi connectivity index (χ3n) is 2.68. The first-order valence-electron chi connectivity index (χ1n) is 5.66. The van der Waals surface area contributed by atoms with E-state index >= 15 is 0 Å². The summed E-state index contributed by atoms with van der Waals surface area (Å²) in [6.45, 7) is 0. The van der Waals surface area contributed by atoms with Crippen molar-refractivity contribution in [3.8, 4) is 5.75 Å². The Labute approximate surface area is 119 Å². The fraction of sp³-hybridized carbons (Fsp3) is 0.143. The lowest BCUT2D eigenvalue weighted by molar-refractivity contribution is 0.414. The molecule has 0 saturated heterocycles. The second kappa shape index (κ2) is 6.08. The predicted molar refractivity (Wildman–Crippen MR) is 79.0 cm³/mol. The summed E-state index contributed by atoms with van der Waals surface area (Å²) in [5.41, 5.74) is 7.11. The van der Waals surface area contributed by atoms with Gasteiger partial charge in [0, 0.05) is 15.6 Å². The SMILES string of the molecule is COc1ccc(S(=O)Cc2cc(N)ccc2Cl)cc1. The van der Waals surface area contributed by atoms with Crippen molar-refractivity contribution in [2.75, 3.05) is 12.8 Å². The van der Waals surface area contributed by atoms with Gasteiger partial charge in [0.1, 0.15) is 5.75 Å². The summed E-state index contributed by atoms with van der Waals surface area (Å²) in [5, 5.41) is 0.580. The van der Waals surface area contributed by atoms with Gasteiger partial charge in [-0.2, -0.15) is 0 Å². The van der Waals surface area contributed by atoms with Crippen LogP contribution in [0.25, 0.3) is 0 Å². The lowest BCUT2D eigenvalue weighted by atomic mass is 10.2. The molecule has 2 aromatic carbocycles. The van der Waals surface area contributed by atoms with Crippen molar-refractivity contribution in [1.82, 2.24) is 0 Å². The summed E-state index contributed by atoms with van der Waals surface area (Å²) < 4.78 is 17.3. The van der Waals surface area contributed by atoms with Gasteiger partial charge < -0.3 is 10.5 Å². The zero-order chi connectivity index (χ0) is 13.8. The molecule has 0 aliphatic heterocycles. The first-order chi connectivity index (χ1) is 9.10. The van der Waals surface area contributed by atoms with E-state index in [0.717, 1.165) is 16.2 Å². The molecule has 0 saturated carbocycles. The minimum absolute atomic E-state index is 0.343. The Morgan fingerprint density at radius 3 is 2.53 bits per heavy atom. The zero-order valence-corrected chi connectivity index (χ0v) is 12.0. The van der Waals surface area contributed by atoms with Crippen LogP contribution in [0.1, 0.15) is 5.56 Å². The molecule has 1 atom stereocenters. The summed E-state index contributed by atoms with van der Waals surface area (Å²) in [4.78, 5) is 0.735. The molecule has 0 amide bonds. The second-order valence-electron chi connectivity index (χ2n) is 4.02. The number of halogens is 1. The van der Waals surface area contributed by atoms with Gasteiger partial charge in [0.15, 0.2) is 0 Å². The van der Waals surface area contributed by atoms with E-state index in [-0.39, 0.29) is 0 Å². The highest BCUT2D eigenvalue weighted by atomic mass is 35.5. The van der Waals surface area contributed by atoms with E-state index in [1.807, 2.05) is 0 Å². The Morgan fingerprint density at radius 1 is 1.21 bits per heavy atom. The van der Waals surface area contributed by atoms with Gasteiger partial charge in [-0.3, -0.25) is 4.21 Å². The van der Waals surface area contributed by atoms with E-state index in [1.165, 1.54) is 0 Å². The number of benzene rings is 2. The summed E-state index contributed by atoms with van der Waals surface area (Å²) in [5.74, 6) is 1.08. The Bertz CT molecular complexity index is 599. The number of nitrogen functional groups attached to an aromatic ring is 1. The molecule has 19 heavy (non-hydrogen) atoms. The van der Waals surface area contributed by atoms with Gasteiger partial charge >= 0.3 is 0 Å². The van der Waals surface area contributed by atoms with E-state index in [0.29, 0.717) is 16.5 Å². The zero-order valence-electron chi connectivity index (χ0n) is 10.4. The van der Waals surface area contributed by atoms with Crippen molar-refractivity contribution in [2.24, 2.45) is 0 Å². The van der Waals surface area contributed by atoms with Crippen LogP contribution in [0.3, 0.4) is 0 Å². The van der Waals surface area contributed by atoms with Gasteiger partial charge in [-0.15, -0.1) is 0 Å². The number of methoxy groups -OCH3 is 1. The molecule has 0 aromatic heterocycles. The van der Waals surface area contributed by atoms with E-state index in [1.54, 1.807) is 49.6 Å². The Kier molecular flexibility index (Phi) is 4.45. The fourth-order valence-electron chi connectivity index (χ4n) is 1.66. The van der Waals surface area contributed by atoms with Crippen LogP contribution in [0, 0.1) is 0 Å². The van der Waals surface area contributed by atoms with Crippen LogP contribution in [0.4, 0.5) is 5.69 Å². The van der Waals surface area contributed by atoms with Gasteiger partial charge in [0.25, 0.3) is 0 Å². The highest BCUT2D eigenvalue weighted by molar-refractivity contribution is 7.84. The maximum Gasteiger partial charge on any atom is 0.118 e. The molecule has 2 rings (SSSR count). The molecular weight excluding hydrogens is 282 g/mol. The van der Waals surface area contributed by atoms with Crippen LogP contribution in [-0.2, 0) is 16.6 Å². The Morgan fingerprint density at radius 2 is 1.89 bits per heavy atom. The molecule has 2 aromatic rings. The molecule has 0 spiro atoms. The number of hydrogen-bond acceptors (Lipinski definition) is 3. The summed E-state index contributed by atoms with van der Waals surface area (Å²) >= 11 is 6.07. The highest BCUT2D eigenvalue weighted by Crippen LogP contribution is 2.23. The molecule has 0 fully saturated rings. The van der Waals surface area contributed by atoms with Crippen molar-refractivity contribution in [1.29, 1.82) is 0 Å². The van der Waals surface area contributed by atoms with Gasteiger partial charge in [0.05, 0.1) is 23.7 Å². The number of rotatable bonds is 4.